The number of aliphatic hydroxyl groups is 1. The minimum Gasteiger partial charge on any atom is -0.396 e. The summed E-state index contributed by atoms with van der Waals surface area (Å²) >= 11 is 0. The lowest BCUT2D eigenvalue weighted by Gasteiger charge is -2.31. The summed E-state index contributed by atoms with van der Waals surface area (Å²) in [6.45, 7) is 4.81. The quantitative estimate of drug-likeness (QED) is 0.706. The van der Waals surface area contributed by atoms with Gasteiger partial charge in [0, 0.05) is 26.1 Å². The number of nitrogens with zero attached hydrogens (tertiary/aromatic N) is 1. The Kier molecular flexibility index (Phi) is 8.07. The van der Waals surface area contributed by atoms with Crippen LogP contribution in [-0.2, 0) is 4.79 Å². The molecule has 0 aromatic heterocycles. The van der Waals surface area contributed by atoms with Crippen LogP contribution in [0.15, 0.2) is 0 Å². The van der Waals surface area contributed by atoms with Crippen LogP contribution in [0.1, 0.15) is 51.9 Å². The number of aliphatic hydroxyl groups excluding tert-OH is 1. The SMILES string of the molecule is CCCC(CCN)CCC(=O)N1CCC(CO)CC1. The van der Waals surface area contributed by atoms with Gasteiger partial charge in [-0.3, -0.25) is 4.79 Å². The topological polar surface area (TPSA) is 66.6 Å². The van der Waals surface area contributed by atoms with Crippen molar-refractivity contribution in [2.45, 2.75) is 51.9 Å². The number of carbonyl (C=O) groups is 1. The number of nitrogens with two attached hydrogens (primary N) is 1. The van der Waals surface area contributed by atoms with E-state index in [9.17, 15) is 4.79 Å². The zero-order valence-electron chi connectivity index (χ0n) is 12.3. The molecular formula is C15H30N2O2. The van der Waals surface area contributed by atoms with Gasteiger partial charge < -0.3 is 15.7 Å². The Balaban J connectivity index is 2.26. The van der Waals surface area contributed by atoms with E-state index in [1.165, 1.54) is 12.8 Å². The second-order valence-electron chi connectivity index (χ2n) is 5.78. The molecule has 0 aromatic rings. The molecule has 1 aliphatic rings. The maximum atomic E-state index is 12.1. The van der Waals surface area contributed by atoms with Gasteiger partial charge in [-0.05, 0) is 44.1 Å². The zero-order chi connectivity index (χ0) is 14.1. The van der Waals surface area contributed by atoms with E-state index >= 15 is 0 Å². The van der Waals surface area contributed by atoms with Gasteiger partial charge >= 0.3 is 0 Å². The number of carbonyl (C=O) groups excluding carboxylic acids is 1. The first-order chi connectivity index (χ1) is 9.21. The molecule has 1 amide bonds. The lowest BCUT2D eigenvalue weighted by Crippen LogP contribution is -2.39. The zero-order valence-corrected chi connectivity index (χ0v) is 12.3. The minimum absolute atomic E-state index is 0.261. The van der Waals surface area contributed by atoms with Gasteiger partial charge in [-0.2, -0.15) is 0 Å². The summed E-state index contributed by atoms with van der Waals surface area (Å²) in [7, 11) is 0. The van der Waals surface area contributed by atoms with Gasteiger partial charge in [0.25, 0.3) is 0 Å². The van der Waals surface area contributed by atoms with E-state index in [4.69, 9.17) is 10.8 Å². The molecule has 1 atom stereocenters. The van der Waals surface area contributed by atoms with Gasteiger partial charge in [-0.1, -0.05) is 19.8 Å². The lowest BCUT2D eigenvalue weighted by atomic mass is 9.93. The minimum atomic E-state index is 0.261. The predicted octanol–water partition coefficient (Wildman–Crippen LogP) is 1.76. The standard InChI is InChI=1S/C15H30N2O2/c1-2-3-13(6-9-16)4-5-15(19)17-10-7-14(12-18)8-11-17/h13-14,18H,2-12,16H2,1H3. The first kappa shape index (κ1) is 16.4. The summed E-state index contributed by atoms with van der Waals surface area (Å²) in [5.41, 5.74) is 5.62. The van der Waals surface area contributed by atoms with E-state index in [2.05, 4.69) is 6.92 Å². The number of rotatable bonds is 8. The smallest absolute Gasteiger partial charge is 0.222 e. The van der Waals surface area contributed by atoms with Gasteiger partial charge in [-0.25, -0.2) is 0 Å². The molecule has 0 aliphatic carbocycles. The van der Waals surface area contributed by atoms with Gasteiger partial charge in [0.1, 0.15) is 0 Å². The maximum Gasteiger partial charge on any atom is 0.222 e. The van der Waals surface area contributed by atoms with Crippen molar-refractivity contribution in [3.05, 3.63) is 0 Å². The van der Waals surface area contributed by atoms with E-state index in [1.807, 2.05) is 4.90 Å². The Labute approximate surface area is 117 Å². The number of likely N-dealkylation sites (tertiary alicyclic amines) is 1. The molecule has 1 rings (SSSR count). The fraction of sp³-hybridized carbons (Fsp3) is 0.933. The fourth-order valence-corrected chi connectivity index (χ4v) is 2.93. The van der Waals surface area contributed by atoms with Crippen LogP contribution in [0, 0.1) is 11.8 Å². The highest BCUT2D eigenvalue weighted by Crippen LogP contribution is 2.20. The molecule has 1 heterocycles. The average Bonchev–Trinajstić information content (AvgIpc) is 2.45. The molecule has 1 unspecified atom stereocenters. The molecule has 112 valence electrons. The molecule has 0 bridgehead atoms. The Morgan fingerprint density at radius 3 is 2.53 bits per heavy atom. The largest absolute Gasteiger partial charge is 0.396 e. The fourth-order valence-electron chi connectivity index (χ4n) is 2.93. The van der Waals surface area contributed by atoms with E-state index in [0.29, 0.717) is 18.3 Å². The highest BCUT2D eigenvalue weighted by Gasteiger charge is 2.22. The molecule has 19 heavy (non-hydrogen) atoms. The summed E-state index contributed by atoms with van der Waals surface area (Å²) in [6, 6.07) is 0. The first-order valence-electron chi connectivity index (χ1n) is 7.79. The first-order valence-corrected chi connectivity index (χ1v) is 7.79. The number of amides is 1. The van der Waals surface area contributed by atoms with E-state index < -0.39 is 0 Å². The Bertz CT molecular complexity index is 245. The summed E-state index contributed by atoms with van der Waals surface area (Å²) in [6.07, 6.45) is 6.91. The summed E-state index contributed by atoms with van der Waals surface area (Å²) in [5, 5.41) is 9.09. The van der Waals surface area contributed by atoms with Crippen LogP contribution in [0.4, 0.5) is 0 Å². The number of hydrogen-bond acceptors (Lipinski definition) is 3. The molecule has 1 saturated heterocycles. The molecular weight excluding hydrogens is 240 g/mol. The molecule has 1 aliphatic heterocycles. The highest BCUT2D eigenvalue weighted by atomic mass is 16.3. The monoisotopic (exact) mass is 270 g/mol. The Morgan fingerprint density at radius 2 is 2.00 bits per heavy atom. The molecule has 0 radical (unpaired) electrons. The van der Waals surface area contributed by atoms with Crippen molar-refractivity contribution in [1.82, 2.24) is 4.90 Å². The third kappa shape index (κ3) is 5.91. The molecule has 4 heteroatoms. The molecule has 1 fully saturated rings. The van der Waals surface area contributed by atoms with Crippen molar-refractivity contribution < 1.29 is 9.90 Å². The second-order valence-corrected chi connectivity index (χ2v) is 5.78. The molecule has 0 saturated carbocycles. The number of piperidine rings is 1. The summed E-state index contributed by atoms with van der Waals surface area (Å²) in [5.74, 6) is 1.29. The van der Waals surface area contributed by atoms with E-state index in [1.54, 1.807) is 0 Å². The van der Waals surface area contributed by atoms with Crippen molar-refractivity contribution in [2.75, 3.05) is 26.2 Å². The van der Waals surface area contributed by atoms with Crippen LogP contribution in [-0.4, -0.2) is 42.2 Å². The third-order valence-electron chi connectivity index (χ3n) is 4.26. The molecule has 3 N–H and O–H groups in total. The Morgan fingerprint density at radius 1 is 1.32 bits per heavy atom. The molecule has 4 nitrogen and oxygen atoms in total. The second kappa shape index (κ2) is 9.32. The van der Waals surface area contributed by atoms with Crippen LogP contribution in [0.5, 0.6) is 0 Å². The average molecular weight is 270 g/mol. The van der Waals surface area contributed by atoms with Crippen LogP contribution >= 0.6 is 0 Å². The number of hydrogen-bond donors (Lipinski definition) is 2. The maximum absolute atomic E-state index is 12.1. The van der Waals surface area contributed by atoms with Crippen LogP contribution in [0.3, 0.4) is 0 Å². The van der Waals surface area contributed by atoms with Crippen molar-refractivity contribution in [1.29, 1.82) is 0 Å². The summed E-state index contributed by atoms with van der Waals surface area (Å²) < 4.78 is 0. The predicted molar refractivity (Wildman–Crippen MR) is 77.7 cm³/mol. The lowest BCUT2D eigenvalue weighted by molar-refractivity contribution is -0.133. The van der Waals surface area contributed by atoms with E-state index in [-0.39, 0.29) is 12.5 Å². The van der Waals surface area contributed by atoms with Gasteiger partial charge in [0.2, 0.25) is 5.91 Å². The highest BCUT2D eigenvalue weighted by molar-refractivity contribution is 5.76. The summed E-state index contributed by atoms with van der Waals surface area (Å²) in [4.78, 5) is 14.1. The van der Waals surface area contributed by atoms with Gasteiger partial charge in [-0.15, -0.1) is 0 Å². The van der Waals surface area contributed by atoms with Crippen molar-refractivity contribution >= 4 is 5.91 Å². The van der Waals surface area contributed by atoms with Crippen LogP contribution in [0.25, 0.3) is 0 Å². The van der Waals surface area contributed by atoms with E-state index in [0.717, 1.165) is 45.3 Å². The third-order valence-corrected chi connectivity index (χ3v) is 4.26. The van der Waals surface area contributed by atoms with Crippen molar-refractivity contribution in [2.24, 2.45) is 17.6 Å². The van der Waals surface area contributed by atoms with Gasteiger partial charge in [0.05, 0.1) is 0 Å². The molecule has 0 spiro atoms. The van der Waals surface area contributed by atoms with Crippen LogP contribution in [0.2, 0.25) is 0 Å². The Hall–Kier alpha value is -0.610. The molecule has 0 aromatic carbocycles. The van der Waals surface area contributed by atoms with Crippen molar-refractivity contribution in [3.63, 3.8) is 0 Å². The normalized spacial score (nSPS) is 18.6. The van der Waals surface area contributed by atoms with Crippen LogP contribution < -0.4 is 5.73 Å². The van der Waals surface area contributed by atoms with Crippen molar-refractivity contribution in [3.8, 4) is 0 Å². The van der Waals surface area contributed by atoms with Gasteiger partial charge in [0.15, 0.2) is 0 Å².